The van der Waals surface area contributed by atoms with Crippen molar-refractivity contribution >= 4 is 6.09 Å². The predicted molar refractivity (Wildman–Crippen MR) is 55.1 cm³/mol. The lowest BCUT2D eigenvalue weighted by Crippen LogP contribution is -2.26. The number of carbonyl (C=O) groups excluding carboxylic acids is 1. The molecule has 1 aromatic rings. The molecule has 0 unspecified atom stereocenters. The van der Waals surface area contributed by atoms with E-state index in [9.17, 15) is 9.18 Å². The molecule has 0 fully saturated rings. The number of benzene rings is 1. The highest BCUT2D eigenvalue weighted by Gasteiger charge is 2.02. The highest BCUT2D eigenvalue weighted by Crippen LogP contribution is 2.05. The lowest BCUT2D eigenvalue weighted by atomic mass is 10.1. The standard InChI is InChI=1S/C11H14FNO2/c1-2-15-11(14)13-8-7-9-5-3-4-6-10(9)12/h3-6H,2,7-8H2,1H3,(H,13,14). The summed E-state index contributed by atoms with van der Waals surface area (Å²) in [4.78, 5) is 10.9. The first-order valence-corrected chi connectivity index (χ1v) is 4.88. The van der Waals surface area contributed by atoms with Crippen LogP contribution in [-0.4, -0.2) is 19.2 Å². The SMILES string of the molecule is CCOC(=O)NCCc1ccccc1F. The Labute approximate surface area is 88.2 Å². The van der Waals surface area contributed by atoms with Crippen molar-refractivity contribution in [3.8, 4) is 0 Å². The molecule has 1 aromatic carbocycles. The molecule has 82 valence electrons. The number of hydrogen-bond acceptors (Lipinski definition) is 2. The Morgan fingerprint density at radius 3 is 2.87 bits per heavy atom. The van der Waals surface area contributed by atoms with Crippen molar-refractivity contribution in [1.82, 2.24) is 5.32 Å². The van der Waals surface area contributed by atoms with Crippen LogP contribution in [0.1, 0.15) is 12.5 Å². The van der Waals surface area contributed by atoms with E-state index in [1.54, 1.807) is 25.1 Å². The van der Waals surface area contributed by atoms with E-state index < -0.39 is 6.09 Å². The van der Waals surface area contributed by atoms with Crippen LogP contribution in [0.3, 0.4) is 0 Å². The van der Waals surface area contributed by atoms with Gasteiger partial charge in [-0.25, -0.2) is 9.18 Å². The molecule has 0 aliphatic rings. The second kappa shape index (κ2) is 6.01. The molecule has 0 atom stereocenters. The van der Waals surface area contributed by atoms with Gasteiger partial charge in [-0.1, -0.05) is 18.2 Å². The summed E-state index contributed by atoms with van der Waals surface area (Å²) < 4.78 is 17.8. The first-order chi connectivity index (χ1) is 7.24. The number of alkyl carbamates (subject to hydrolysis) is 1. The highest BCUT2D eigenvalue weighted by atomic mass is 19.1. The average molecular weight is 211 g/mol. The van der Waals surface area contributed by atoms with Gasteiger partial charge in [-0.2, -0.15) is 0 Å². The summed E-state index contributed by atoms with van der Waals surface area (Å²) >= 11 is 0. The second-order valence-corrected chi connectivity index (χ2v) is 2.99. The summed E-state index contributed by atoms with van der Waals surface area (Å²) in [5.41, 5.74) is 0.592. The summed E-state index contributed by atoms with van der Waals surface area (Å²) in [5, 5.41) is 2.53. The quantitative estimate of drug-likeness (QED) is 0.828. The van der Waals surface area contributed by atoms with Crippen LogP contribution < -0.4 is 5.32 Å². The maximum absolute atomic E-state index is 13.1. The van der Waals surface area contributed by atoms with Crippen molar-refractivity contribution in [1.29, 1.82) is 0 Å². The fourth-order valence-electron chi connectivity index (χ4n) is 1.18. The van der Waals surface area contributed by atoms with Crippen molar-refractivity contribution in [3.63, 3.8) is 0 Å². The molecule has 0 aromatic heterocycles. The van der Waals surface area contributed by atoms with Crippen molar-refractivity contribution in [3.05, 3.63) is 35.6 Å². The van der Waals surface area contributed by atoms with E-state index >= 15 is 0 Å². The largest absolute Gasteiger partial charge is 0.450 e. The van der Waals surface area contributed by atoms with Gasteiger partial charge in [0.2, 0.25) is 0 Å². The zero-order chi connectivity index (χ0) is 11.1. The van der Waals surface area contributed by atoms with Gasteiger partial charge in [-0.15, -0.1) is 0 Å². The number of nitrogens with one attached hydrogen (secondary N) is 1. The van der Waals surface area contributed by atoms with Crippen LogP contribution in [0.2, 0.25) is 0 Å². The molecule has 15 heavy (non-hydrogen) atoms. The Balaban J connectivity index is 2.32. The van der Waals surface area contributed by atoms with E-state index in [1.165, 1.54) is 6.07 Å². The number of halogens is 1. The van der Waals surface area contributed by atoms with Crippen LogP contribution in [0.5, 0.6) is 0 Å². The summed E-state index contributed by atoms with van der Waals surface area (Å²) in [7, 11) is 0. The van der Waals surface area contributed by atoms with Gasteiger partial charge < -0.3 is 10.1 Å². The Hall–Kier alpha value is -1.58. The molecular weight excluding hydrogens is 197 g/mol. The van der Waals surface area contributed by atoms with Gasteiger partial charge in [0.15, 0.2) is 0 Å². The van der Waals surface area contributed by atoms with Gasteiger partial charge in [-0.3, -0.25) is 0 Å². The van der Waals surface area contributed by atoms with Gasteiger partial charge in [0.25, 0.3) is 0 Å². The highest BCUT2D eigenvalue weighted by molar-refractivity contribution is 5.67. The minimum absolute atomic E-state index is 0.247. The Kier molecular flexibility index (Phi) is 4.60. The molecule has 0 aliphatic heterocycles. The van der Waals surface area contributed by atoms with E-state index in [1.807, 2.05) is 0 Å². The monoisotopic (exact) mass is 211 g/mol. The Morgan fingerprint density at radius 1 is 1.47 bits per heavy atom. The average Bonchev–Trinajstić information content (AvgIpc) is 2.21. The number of rotatable bonds is 4. The maximum Gasteiger partial charge on any atom is 0.407 e. The van der Waals surface area contributed by atoms with Gasteiger partial charge in [0.1, 0.15) is 5.82 Å². The number of hydrogen-bond donors (Lipinski definition) is 1. The molecule has 0 radical (unpaired) electrons. The van der Waals surface area contributed by atoms with Crippen molar-refractivity contribution in [2.45, 2.75) is 13.3 Å². The van der Waals surface area contributed by atoms with Crippen LogP contribution in [0, 0.1) is 5.82 Å². The van der Waals surface area contributed by atoms with Gasteiger partial charge in [0.05, 0.1) is 6.61 Å². The lowest BCUT2D eigenvalue weighted by molar-refractivity contribution is 0.152. The van der Waals surface area contributed by atoms with Crippen LogP contribution in [0.15, 0.2) is 24.3 Å². The molecule has 0 heterocycles. The van der Waals surface area contributed by atoms with Crippen LogP contribution >= 0.6 is 0 Å². The van der Waals surface area contributed by atoms with Crippen LogP contribution in [0.4, 0.5) is 9.18 Å². The van der Waals surface area contributed by atoms with E-state index in [4.69, 9.17) is 0 Å². The third-order valence-electron chi connectivity index (χ3n) is 1.90. The van der Waals surface area contributed by atoms with E-state index in [-0.39, 0.29) is 5.82 Å². The number of amides is 1. The molecule has 0 bridgehead atoms. The molecule has 4 heteroatoms. The third-order valence-corrected chi connectivity index (χ3v) is 1.90. The Bertz CT molecular complexity index is 328. The van der Waals surface area contributed by atoms with Crippen LogP contribution in [0.25, 0.3) is 0 Å². The smallest absolute Gasteiger partial charge is 0.407 e. The van der Waals surface area contributed by atoms with E-state index in [0.717, 1.165) is 0 Å². The molecule has 0 saturated heterocycles. The lowest BCUT2D eigenvalue weighted by Gasteiger charge is -2.05. The molecule has 1 N–H and O–H groups in total. The second-order valence-electron chi connectivity index (χ2n) is 2.99. The molecule has 0 spiro atoms. The zero-order valence-corrected chi connectivity index (χ0v) is 8.63. The minimum Gasteiger partial charge on any atom is -0.450 e. The normalized spacial score (nSPS) is 9.73. The topological polar surface area (TPSA) is 38.3 Å². The fourth-order valence-corrected chi connectivity index (χ4v) is 1.18. The molecule has 0 aliphatic carbocycles. The number of carbonyl (C=O) groups is 1. The van der Waals surface area contributed by atoms with Gasteiger partial charge in [-0.05, 0) is 25.0 Å². The molecular formula is C11H14FNO2. The van der Waals surface area contributed by atoms with Crippen molar-refractivity contribution in [2.75, 3.05) is 13.2 Å². The molecule has 1 rings (SSSR count). The van der Waals surface area contributed by atoms with Crippen molar-refractivity contribution < 1.29 is 13.9 Å². The minimum atomic E-state index is -0.464. The zero-order valence-electron chi connectivity index (χ0n) is 8.63. The van der Waals surface area contributed by atoms with Gasteiger partial charge in [0, 0.05) is 6.54 Å². The summed E-state index contributed by atoms with van der Waals surface area (Å²) in [6.45, 7) is 2.45. The predicted octanol–water partition coefficient (Wildman–Crippen LogP) is 2.11. The summed E-state index contributed by atoms with van der Waals surface area (Å²) in [6.07, 6.45) is -0.000260. The van der Waals surface area contributed by atoms with Crippen LogP contribution in [-0.2, 0) is 11.2 Å². The first-order valence-electron chi connectivity index (χ1n) is 4.88. The van der Waals surface area contributed by atoms with E-state index in [2.05, 4.69) is 10.1 Å². The van der Waals surface area contributed by atoms with E-state index in [0.29, 0.717) is 25.1 Å². The van der Waals surface area contributed by atoms with Gasteiger partial charge >= 0.3 is 6.09 Å². The third kappa shape index (κ3) is 3.97. The molecule has 3 nitrogen and oxygen atoms in total. The summed E-state index contributed by atoms with van der Waals surface area (Å²) in [5.74, 6) is -0.247. The Morgan fingerprint density at radius 2 is 2.20 bits per heavy atom. The molecule has 1 amide bonds. The first kappa shape index (κ1) is 11.5. The maximum atomic E-state index is 13.1. The molecule has 0 saturated carbocycles. The summed E-state index contributed by atoms with van der Waals surface area (Å²) in [6, 6.07) is 6.50. The number of ether oxygens (including phenoxy) is 1. The fraction of sp³-hybridized carbons (Fsp3) is 0.364. The van der Waals surface area contributed by atoms with Crippen molar-refractivity contribution in [2.24, 2.45) is 0 Å².